The molecule has 1 N–H and O–H groups in total. The van der Waals surface area contributed by atoms with Gasteiger partial charge < -0.3 is 4.74 Å². The minimum atomic E-state index is -0.388. The SMILES string of the molecule is O=C(COc1ccc(Br)cc1Cl)N/N=C/c1ccccn1. The van der Waals surface area contributed by atoms with Crippen LogP contribution in [0.3, 0.4) is 0 Å². The molecule has 0 unspecified atom stereocenters. The fourth-order valence-corrected chi connectivity index (χ4v) is 2.12. The first-order valence-electron chi connectivity index (χ1n) is 5.96. The van der Waals surface area contributed by atoms with E-state index < -0.39 is 0 Å². The van der Waals surface area contributed by atoms with Crippen molar-refractivity contribution >= 4 is 39.7 Å². The van der Waals surface area contributed by atoms with E-state index in [9.17, 15) is 4.79 Å². The molecule has 0 saturated carbocycles. The molecule has 0 saturated heterocycles. The van der Waals surface area contributed by atoms with E-state index in [-0.39, 0.29) is 12.5 Å². The molecule has 0 aliphatic rings. The molecular formula is C14H11BrClN3O2. The van der Waals surface area contributed by atoms with Gasteiger partial charge in [0, 0.05) is 10.7 Å². The van der Waals surface area contributed by atoms with Crippen molar-refractivity contribution in [3.8, 4) is 5.75 Å². The van der Waals surface area contributed by atoms with E-state index in [1.165, 1.54) is 6.21 Å². The van der Waals surface area contributed by atoms with Gasteiger partial charge in [-0.1, -0.05) is 33.6 Å². The summed E-state index contributed by atoms with van der Waals surface area (Å²) in [5, 5.41) is 4.21. The van der Waals surface area contributed by atoms with Crippen molar-refractivity contribution in [2.45, 2.75) is 0 Å². The Balaban J connectivity index is 1.81. The van der Waals surface area contributed by atoms with Gasteiger partial charge in [0.25, 0.3) is 5.91 Å². The Bertz CT molecular complexity index is 650. The van der Waals surface area contributed by atoms with Gasteiger partial charge in [0.1, 0.15) is 5.75 Å². The molecule has 0 fully saturated rings. The number of carbonyl (C=O) groups excluding carboxylic acids is 1. The van der Waals surface area contributed by atoms with Crippen LogP contribution in [0.4, 0.5) is 0 Å². The number of carbonyl (C=O) groups is 1. The average molecular weight is 369 g/mol. The third-order valence-electron chi connectivity index (χ3n) is 2.33. The minimum Gasteiger partial charge on any atom is -0.482 e. The van der Waals surface area contributed by atoms with Crippen molar-refractivity contribution in [2.75, 3.05) is 6.61 Å². The Kier molecular flexibility index (Phi) is 5.71. The summed E-state index contributed by atoms with van der Waals surface area (Å²) in [6.45, 7) is -0.180. The molecule has 0 aliphatic carbocycles. The van der Waals surface area contributed by atoms with Crippen molar-refractivity contribution in [1.29, 1.82) is 0 Å². The smallest absolute Gasteiger partial charge is 0.277 e. The van der Waals surface area contributed by atoms with Gasteiger partial charge in [-0.2, -0.15) is 5.10 Å². The molecule has 1 aromatic carbocycles. The number of ether oxygens (including phenoxy) is 1. The van der Waals surface area contributed by atoms with E-state index in [4.69, 9.17) is 16.3 Å². The summed E-state index contributed by atoms with van der Waals surface area (Å²) < 4.78 is 6.14. The van der Waals surface area contributed by atoms with Crippen LogP contribution in [0, 0.1) is 0 Å². The Labute approximate surface area is 135 Å². The lowest BCUT2D eigenvalue weighted by atomic mass is 10.3. The Hall–Kier alpha value is -1.92. The molecule has 21 heavy (non-hydrogen) atoms. The number of pyridine rings is 1. The summed E-state index contributed by atoms with van der Waals surface area (Å²) in [4.78, 5) is 15.6. The molecule has 2 rings (SSSR count). The molecule has 0 spiro atoms. The number of amides is 1. The predicted octanol–water partition coefficient (Wildman–Crippen LogP) is 3.03. The number of halogens is 2. The summed E-state index contributed by atoms with van der Waals surface area (Å²) >= 11 is 9.26. The third kappa shape index (κ3) is 5.17. The fraction of sp³-hybridized carbons (Fsp3) is 0.0714. The number of nitrogens with one attached hydrogen (secondary N) is 1. The topological polar surface area (TPSA) is 63.6 Å². The zero-order valence-electron chi connectivity index (χ0n) is 10.8. The van der Waals surface area contributed by atoms with Gasteiger partial charge >= 0.3 is 0 Å². The zero-order valence-corrected chi connectivity index (χ0v) is 13.1. The first kappa shape index (κ1) is 15.5. The molecule has 2 aromatic rings. The lowest BCUT2D eigenvalue weighted by Gasteiger charge is -2.06. The van der Waals surface area contributed by atoms with Crippen molar-refractivity contribution in [3.63, 3.8) is 0 Å². The molecular weight excluding hydrogens is 358 g/mol. The number of benzene rings is 1. The summed E-state index contributed by atoms with van der Waals surface area (Å²) in [6, 6.07) is 10.5. The second-order valence-electron chi connectivity index (χ2n) is 3.91. The lowest BCUT2D eigenvalue weighted by molar-refractivity contribution is -0.123. The highest BCUT2D eigenvalue weighted by molar-refractivity contribution is 9.10. The maximum atomic E-state index is 11.6. The van der Waals surface area contributed by atoms with Crippen LogP contribution >= 0.6 is 27.5 Å². The quantitative estimate of drug-likeness (QED) is 0.652. The summed E-state index contributed by atoms with van der Waals surface area (Å²) in [7, 11) is 0. The molecule has 0 aliphatic heterocycles. The van der Waals surface area contributed by atoms with Crippen LogP contribution in [-0.4, -0.2) is 23.7 Å². The van der Waals surface area contributed by atoms with Crippen LogP contribution in [-0.2, 0) is 4.79 Å². The predicted molar refractivity (Wildman–Crippen MR) is 84.6 cm³/mol. The first-order valence-corrected chi connectivity index (χ1v) is 7.13. The Morgan fingerprint density at radius 3 is 3.00 bits per heavy atom. The molecule has 7 heteroatoms. The van der Waals surface area contributed by atoms with Gasteiger partial charge in [-0.15, -0.1) is 0 Å². The van der Waals surface area contributed by atoms with E-state index in [0.29, 0.717) is 16.5 Å². The Morgan fingerprint density at radius 2 is 2.29 bits per heavy atom. The van der Waals surface area contributed by atoms with Gasteiger partial charge in [-0.05, 0) is 30.3 Å². The molecule has 1 aromatic heterocycles. The number of hydrogen-bond donors (Lipinski definition) is 1. The van der Waals surface area contributed by atoms with E-state index in [1.54, 1.807) is 36.5 Å². The van der Waals surface area contributed by atoms with Crippen LogP contribution in [0.1, 0.15) is 5.69 Å². The maximum absolute atomic E-state index is 11.6. The summed E-state index contributed by atoms with van der Waals surface area (Å²) in [6.07, 6.45) is 3.09. The second-order valence-corrected chi connectivity index (χ2v) is 5.23. The summed E-state index contributed by atoms with van der Waals surface area (Å²) in [5.41, 5.74) is 2.99. The van der Waals surface area contributed by atoms with E-state index in [2.05, 4.69) is 31.4 Å². The maximum Gasteiger partial charge on any atom is 0.277 e. The van der Waals surface area contributed by atoms with Gasteiger partial charge in [-0.3, -0.25) is 9.78 Å². The Morgan fingerprint density at radius 1 is 1.43 bits per heavy atom. The number of rotatable bonds is 5. The zero-order chi connectivity index (χ0) is 15.1. The number of aromatic nitrogens is 1. The normalized spacial score (nSPS) is 10.6. The highest BCUT2D eigenvalue weighted by Gasteiger charge is 2.05. The van der Waals surface area contributed by atoms with Crippen LogP contribution in [0.5, 0.6) is 5.75 Å². The highest BCUT2D eigenvalue weighted by atomic mass is 79.9. The molecule has 0 radical (unpaired) electrons. The number of hydrazone groups is 1. The van der Waals surface area contributed by atoms with Crippen LogP contribution in [0.25, 0.3) is 0 Å². The van der Waals surface area contributed by atoms with Crippen LogP contribution in [0.15, 0.2) is 52.2 Å². The number of nitrogens with zero attached hydrogens (tertiary/aromatic N) is 2. The first-order chi connectivity index (χ1) is 10.1. The highest BCUT2D eigenvalue weighted by Crippen LogP contribution is 2.27. The van der Waals surface area contributed by atoms with Crippen molar-refractivity contribution < 1.29 is 9.53 Å². The van der Waals surface area contributed by atoms with E-state index in [0.717, 1.165) is 4.47 Å². The lowest BCUT2D eigenvalue weighted by Crippen LogP contribution is -2.24. The number of hydrogen-bond acceptors (Lipinski definition) is 4. The second kappa shape index (κ2) is 7.75. The van der Waals surface area contributed by atoms with Gasteiger partial charge in [0.2, 0.25) is 0 Å². The van der Waals surface area contributed by atoms with Crippen LogP contribution in [0.2, 0.25) is 5.02 Å². The largest absolute Gasteiger partial charge is 0.482 e. The van der Waals surface area contributed by atoms with Crippen molar-refractivity contribution in [1.82, 2.24) is 10.4 Å². The summed E-state index contributed by atoms with van der Waals surface area (Å²) in [5.74, 6) is 0.0462. The molecule has 1 amide bonds. The van der Waals surface area contributed by atoms with Crippen molar-refractivity contribution in [3.05, 3.63) is 57.8 Å². The molecule has 0 bridgehead atoms. The van der Waals surface area contributed by atoms with Gasteiger partial charge in [-0.25, -0.2) is 5.43 Å². The average Bonchev–Trinajstić information content (AvgIpc) is 2.47. The molecule has 108 valence electrons. The van der Waals surface area contributed by atoms with Crippen molar-refractivity contribution in [2.24, 2.45) is 5.10 Å². The fourth-order valence-electron chi connectivity index (χ4n) is 1.39. The molecule has 5 nitrogen and oxygen atoms in total. The van der Waals surface area contributed by atoms with Gasteiger partial charge in [0.15, 0.2) is 6.61 Å². The minimum absolute atomic E-state index is 0.180. The third-order valence-corrected chi connectivity index (χ3v) is 3.12. The van der Waals surface area contributed by atoms with E-state index in [1.807, 2.05) is 6.07 Å². The molecule has 0 atom stereocenters. The standard InChI is InChI=1S/C14H11BrClN3O2/c15-10-4-5-13(12(16)7-10)21-9-14(20)19-18-8-11-3-1-2-6-17-11/h1-8H,9H2,(H,19,20)/b18-8+. The molecule has 1 heterocycles. The van der Waals surface area contributed by atoms with Crippen LogP contribution < -0.4 is 10.2 Å². The van der Waals surface area contributed by atoms with Gasteiger partial charge in [0.05, 0.1) is 16.9 Å². The monoisotopic (exact) mass is 367 g/mol. The van der Waals surface area contributed by atoms with E-state index >= 15 is 0 Å².